The molecule has 7 heteroatoms. The van der Waals surface area contributed by atoms with Crippen LogP contribution in [0.5, 0.6) is 0 Å². The van der Waals surface area contributed by atoms with E-state index in [2.05, 4.69) is 30.5 Å². The molecule has 4 aromatic rings. The van der Waals surface area contributed by atoms with E-state index in [0.29, 0.717) is 11.6 Å². The van der Waals surface area contributed by atoms with Crippen molar-refractivity contribution >= 4 is 28.2 Å². The minimum absolute atomic E-state index is 0.573. The molecule has 0 spiro atoms. The van der Waals surface area contributed by atoms with Crippen molar-refractivity contribution in [2.24, 2.45) is 0 Å². The van der Waals surface area contributed by atoms with E-state index in [0.717, 1.165) is 39.4 Å². The van der Waals surface area contributed by atoms with Crippen molar-refractivity contribution in [3.63, 3.8) is 0 Å². The second kappa shape index (κ2) is 7.01. The average molecular weight is 363 g/mol. The molecule has 0 aliphatic rings. The summed E-state index contributed by atoms with van der Waals surface area (Å²) in [6.07, 6.45) is 5.12. The lowest BCUT2D eigenvalue weighted by Gasteiger charge is -2.10. The molecule has 0 aliphatic heterocycles. The van der Waals surface area contributed by atoms with Crippen LogP contribution >= 0.6 is 11.6 Å². The lowest BCUT2D eigenvalue weighted by Crippen LogP contribution is -2.04. The normalized spacial score (nSPS) is 10.8. The molecule has 4 aromatic heterocycles. The quantitative estimate of drug-likeness (QED) is 0.590. The lowest BCUT2D eigenvalue weighted by molar-refractivity contribution is 0.898. The van der Waals surface area contributed by atoms with Crippen LogP contribution in [0.1, 0.15) is 11.4 Å². The van der Waals surface area contributed by atoms with E-state index >= 15 is 0 Å². The molecule has 0 amide bonds. The molecule has 0 radical (unpaired) electrons. The topological polar surface area (TPSA) is 76.5 Å². The first-order chi connectivity index (χ1) is 12.7. The summed E-state index contributed by atoms with van der Waals surface area (Å²) in [7, 11) is 0. The number of nitrogens with one attached hydrogen (secondary N) is 1. The van der Waals surface area contributed by atoms with Gasteiger partial charge in [0, 0.05) is 23.5 Å². The van der Waals surface area contributed by atoms with Gasteiger partial charge in [-0.15, -0.1) is 0 Å². The molecule has 0 saturated carbocycles. The van der Waals surface area contributed by atoms with Crippen molar-refractivity contribution in [1.29, 1.82) is 0 Å². The van der Waals surface area contributed by atoms with Crippen LogP contribution < -0.4 is 5.32 Å². The summed E-state index contributed by atoms with van der Waals surface area (Å²) in [4.78, 5) is 13.2. The highest BCUT2D eigenvalue weighted by Gasteiger charge is 2.07. The summed E-state index contributed by atoms with van der Waals surface area (Å²) in [5, 5.41) is 13.2. The van der Waals surface area contributed by atoms with Gasteiger partial charge in [0.15, 0.2) is 0 Å². The van der Waals surface area contributed by atoms with E-state index in [1.54, 1.807) is 24.7 Å². The SMILES string of the molecule is Cc1ccc(CNc2ccnc3cnc(-c4ccc(Cl)cn4)cc23)nn1. The van der Waals surface area contributed by atoms with Gasteiger partial charge in [-0.3, -0.25) is 15.0 Å². The number of halogens is 1. The third-order valence-corrected chi connectivity index (χ3v) is 4.15. The summed E-state index contributed by atoms with van der Waals surface area (Å²) in [6.45, 7) is 2.49. The molecule has 0 saturated heterocycles. The highest BCUT2D eigenvalue weighted by molar-refractivity contribution is 6.30. The Hall–Kier alpha value is -3.12. The van der Waals surface area contributed by atoms with Gasteiger partial charge in [-0.2, -0.15) is 10.2 Å². The number of pyridine rings is 3. The van der Waals surface area contributed by atoms with E-state index in [9.17, 15) is 0 Å². The molecule has 4 rings (SSSR count). The standard InChI is InChI=1S/C19H15ClN6/c1-12-2-4-14(26-25-12)10-23-16-6-7-21-19-11-24-18(8-15(16)19)17-5-3-13(20)9-22-17/h2-9,11H,10H2,1H3,(H,21,23). The largest absolute Gasteiger partial charge is 0.379 e. The number of hydrogen-bond acceptors (Lipinski definition) is 6. The van der Waals surface area contributed by atoms with Crippen molar-refractivity contribution < 1.29 is 0 Å². The van der Waals surface area contributed by atoms with Gasteiger partial charge in [-0.05, 0) is 43.3 Å². The van der Waals surface area contributed by atoms with Crippen molar-refractivity contribution in [3.8, 4) is 11.4 Å². The van der Waals surface area contributed by atoms with Crippen LogP contribution in [0.25, 0.3) is 22.3 Å². The van der Waals surface area contributed by atoms with Crippen molar-refractivity contribution in [2.75, 3.05) is 5.32 Å². The van der Waals surface area contributed by atoms with Crippen LogP contribution in [0.3, 0.4) is 0 Å². The molecular weight excluding hydrogens is 348 g/mol. The number of nitrogens with zero attached hydrogens (tertiary/aromatic N) is 5. The fourth-order valence-corrected chi connectivity index (χ4v) is 2.69. The molecule has 6 nitrogen and oxygen atoms in total. The minimum atomic E-state index is 0.573. The first-order valence-corrected chi connectivity index (χ1v) is 8.46. The second-order valence-electron chi connectivity index (χ2n) is 5.83. The fourth-order valence-electron chi connectivity index (χ4n) is 2.58. The van der Waals surface area contributed by atoms with Gasteiger partial charge in [0.25, 0.3) is 0 Å². The maximum absolute atomic E-state index is 5.91. The van der Waals surface area contributed by atoms with Crippen LogP contribution in [0.15, 0.2) is 55.0 Å². The van der Waals surface area contributed by atoms with Gasteiger partial charge in [-0.25, -0.2) is 0 Å². The summed E-state index contributed by atoms with van der Waals surface area (Å²) >= 11 is 5.91. The Morgan fingerprint density at radius 3 is 2.58 bits per heavy atom. The van der Waals surface area contributed by atoms with E-state index < -0.39 is 0 Å². The minimum Gasteiger partial charge on any atom is -0.379 e. The Labute approximate surface area is 155 Å². The van der Waals surface area contributed by atoms with Gasteiger partial charge in [0.2, 0.25) is 0 Å². The van der Waals surface area contributed by atoms with Crippen molar-refractivity contribution in [2.45, 2.75) is 13.5 Å². The third kappa shape index (κ3) is 3.45. The first-order valence-electron chi connectivity index (χ1n) is 8.09. The lowest BCUT2D eigenvalue weighted by atomic mass is 10.1. The molecule has 0 bridgehead atoms. The molecular formula is C19H15ClN6. The van der Waals surface area contributed by atoms with Crippen LogP contribution in [-0.2, 0) is 6.54 Å². The predicted octanol–water partition coefficient (Wildman–Crippen LogP) is 4.06. The molecule has 0 aliphatic carbocycles. The van der Waals surface area contributed by atoms with Crippen molar-refractivity contribution in [3.05, 3.63) is 71.4 Å². The molecule has 0 atom stereocenters. The van der Waals surface area contributed by atoms with Gasteiger partial charge in [0.1, 0.15) is 0 Å². The summed E-state index contributed by atoms with van der Waals surface area (Å²) in [5.74, 6) is 0. The van der Waals surface area contributed by atoms with Crippen LogP contribution in [-0.4, -0.2) is 25.1 Å². The molecule has 1 N–H and O–H groups in total. The number of anilines is 1. The highest BCUT2D eigenvalue weighted by atomic mass is 35.5. The summed E-state index contributed by atoms with van der Waals surface area (Å²) in [6, 6.07) is 11.5. The van der Waals surface area contributed by atoms with Gasteiger partial charge < -0.3 is 5.32 Å². The molecule has 0 aromatic carbocycles. The molecule has 4 heterocycles. The summed E-state index contributed by atoms with van der Waals surface area (Å²) in [5.41, 5.74) is 5.05. The van der Waals surface area contributed by atoms with E-state index in [1.165, 1.54) is 0 Å². The number of hydrogen-bond donors (Lipinski definition) is 1. The molecule has 26 heavy (non-hydrogen) atoms. The number of rotatable bonds is 4. The first kappa shape index (κ1) is 16.4. The van der Waals surface area contributed by atoms with Gasteiger partial charge in [-0.1, -0.05) is 11.6 Å². The molecule has 0 unspecified atom stereocenters. The summed E-state index contributed by atoms with van der Waals surface area (Å²) < 4.78 is 0. The molecule has 128 valence electrons. The predicted molar refractivity (Wildman–Crippen MR) is 102 cm³/mol. The zero-order valence-corrected chi connectivity index (χ0v) is 14.8. The third-order valence-electron chi connectivity index (χ3n) is 3.93. The maximum Gasteiger partial charge on any atom is 0.0906 e. The van der Waals surface area contributed by atoms with E-state index in [4.69, 9.17) is 11.6 Å². The fraction of sp³-hybridized carbons (Fsp3) is 0.105. The monoisotopic (exact) mass is 362 g/mol. The maximum atomic E-state index is 5.91. The Morgan fingerprint density at radius 1 is 0.923 bits per heavy atom. The second-order valence-corrected chi connectivity index (χ2v) is 6.26. The zero-order chi connectivity index (χ0) is 17.9. The molecule has 0 fully saturated rings. The number of aryl methyl sites for hydroxylation is 1. The Morgan fingerprint density at radius 2 is 1.81 bits per heavy atom. The Kier molecular flexibility index (Phi) is 4.41. The van der Waals surface area contributed by atoms with Gasteiger partial charge in [0.05, 0.1) is 46.1 Å². The Bertz CT molecular complexity index is 1050. The zero-order valence-electron chi connectivity index (χ0n) is 14.0. The smallest absolute Gasteiger partial charge is 0.0906 e. The number of fused-ring (bicyclic) bond motifs is 1. The van der Waals surface area contributed by atoms with Gasteiger partial charge >= 0.3 is 0 Å². The number of aromatic nitrogens is 5. The van der Waals surface area contributed by atoms with E-state index in [1.807, 2.05) is 37.3 Å². The van der Waals surface area contributed by atoms with E-state index in [-0.39, 0.29) is 0 Å². The van der Waals surface area contributed by atoms with Crippen LogP contribution in [0.4, 0.5) is 5.69 Å². The van der Waals surface area contributed by atoms with Crippen LogP contribution in [0, 0.1) is 6.92 Å². The van der Waals surface area contributed by atoms with Crippen LogP contribution in [0.2, 0.25) is 5.02 Å². The average Bonchev–Trinajstić information content (AvgIpc) is 2.68. The Balaban J connectivity index is 1.66. The highest BCUT2D eigenvalue weighted by Crippen LogP contribution is 2.26. The van der Waals surface area contributed by atoms with Crippen molar-refractivity contribution in [1.82, 2.24) is 25.1 Å².